The van der Waals surface area contributed by atoms with Gasteiger partial charge in [-0.25, -0.2) is 9.48 Å². The third-order valence-corrected chi connectivity index (χ3v) is 6.33. The standard InChI is InChI=1S/C28H28F3N7O2/c1-19-26(24-12-14-34-38(24)22-10-8-20(17-32)9-11-22)36(18-25(39)33-13-5-15-35(2)3)27(40)37(19)23-7-4-6-21(16-23)28(29,30)31/h4,6-12,14,16H,5,13,15,18H2,1-3H3,(H,33,39). The lowest BCUT2D eigenvalue weighted by Crippen LogP contribution is -2.34. The molecule has 0 fully saturated rings. The van der Waals surface area contributed by atoms with E-state index in [-0.39, 0.29) is 12.2 Å². The molecule has 12 heteroatoms. The molecule has 40 heavy (non-hydrogen) atoms. The van der Waals surface area contributed by atoms with E-state index in [1.807, 2.05) is 19.0 Å². The molecular weight excluding hydrogens is 523 g/mol. The molecule has 0 atom stereocenters. The molecule has 0 aliphatic carbocycles. The number of imidazole rings is 1. The molecule has 0 aliphatic heterocycles. The van der Waals surface area contributed by atoms with Gasteiger partial charge < -0.3 is 10.2 Å². The molecule has 0 unspecified atom stereocenters. The van der Waals surface area contributed by atoms with Crippen molar-refractivity contribution in [1.82, 2.24) is 29.1 Å². The lowest BCUT2D eigenvalue weighted by atomic mass is 10.1. The van der Waals surface area contributed by atoms with Gasteiger partial charge in [0.15, 0.2) is 0 Å². The molecular formula is C28H28F3N7O2. The average Bonchev–Trinajstić information content (AvgIpc) is 3.48. The average molecular weight is 552 g/mol. The fourth-order valence-electron chi connectivity index (χ4n) is 4.44. The second-order valence-corrected chi connectivity index (χ2v) is 9.48. The van der Waals surface area contributed by atoms with E-state index in [0.717, 1.165) is 18.7 Å². The van der Waals surface area contributed by atoms with Crippen LogP contribution in [0.15, 0.2) is 65.6 Å². The van der Waals surface area contributed by atoms with Crippen LogP contribution in [0.4, 0.5) is 13.2 Å². The van der Waals surface area contributed by atoms with Crippen LogP contribution in [0.5, 0.6) is 0 Å². The Balaban J connectivity index is 1.83. The zero-order chi connectivity index (χ0) is 29.0. The summed E-state index contributed by atoms with van der Waals surface area (Å²) in [6, 6.07) is 14.8. The van der Waals surface area contributed by atoms with Gasteiger partial charge in [0.05, 0.1) is 51.8 Å². The Labute approximate surface area is 228 Å². The normalized spacial score (nSPS) is 11.6. The first-order valence-electron chi connectivity index (χ1n) is 12.5. The highest BCUT2D eigenvalue weighted by Crippen LogP contribution is 2.32. The maximum atomic E-state index is 13.7. The van der Waals surface area contributed by atoms with Crippen molar-refractivity contribution in [1.29, 1.82) is 5.26 Å². The number of alkyl halides is 3. The number of carbonyl (C=O) groups excluding carboxylic acids is 1. The maximum absolute atomic E-state index is 13.7. The summed E-state index contributed by atoms with van der Waals surface area (Å²) < 4.78 is 44.4. The predicted octanol–water partition coefficient (Wildman–Crippen LogP) is 3.76. The fraction of sp³-hybridized carbons (Fsp3) is 0.286. The minimum Gasteiger partial charge on any atom is -0.354 e. The van der Waals surface area contributed by atoms with Crippen molar-refractivity contribution in [2.24, 2.45) is 0 Å². The van der Waals surface area contributed by atoms with Crippen molar-refractivity contribution in [3.63, 3.8) is 0 Å². The second kappa shape index (κ2) is 11.6. The van der Waals surface area contributed by atoms with Gasteiger partial charge in [-0.3, -0.25) is 13.9 Å². The van der Waals surface area contributed by atoms with E-state index in [1.165, 1.54) is 27.5 Å². The Morgan fingerprint density at radius 1 is 1.10 bits per heavy atom. The van der Waals surface area contributed by atoms with Gasteiger partial charge in [0.1, 0.15) is 6.54 Å². The van der Waals surface area contributed by atoms with Crippen molar-refractivity contribution in [3.8, 4) is 28.8 Å². The van der Waals surface area contributed by atoms with E-state index in [0.29, 0.717) is 41.3 Å². The summed E-state index contributed by atoms with van der Waals surface area (Å²) in [4.78, 5) is 28.6. The first kappa shape index (κ1) is 28.4. The van der Waals surface area contributed by atoms with E-state index in [2.05, 4.69) is 16.5 Å². The van der Waals surface area contributed by atoms with Gasteiger partial charge in [-0.05, 0) is 82.5 Å². The molecule has 0 spiro atoms. The lowest BCUT2D eigenvalue weighted by molar-refractivity contribution is -0.137. The lowest BCUT2D eigenvalue weighted by Gasteiger charge is -2.13. The topological polar surface area (TPSA) is 101 Å². The summed E-state index contributed by atoms with van der Waals surface area (Å²) in [7, 11) is 3.84. The summed E-state index contributed by atoms with van der Waals surface area (Å²) in [5, 5.41) is 16.3. The van der Waals surface area contributed by atoms with Crippen LogP contribution in [0.3, 0.4) is 0 Å². The Bertz CT molecular complexity index is 1610. The number of nitrogens with one attached hydrogen (secondary N) is 1. The molecule has 0 radical (unpaired) electrons. The van der Waals surface area contributed by atoms with Crippen molar-refractivity contribution in [3.05, 3.63) is 88.1 Å². The Kier molecular flexibility index (Phi) is 8.25. The molecule has 0 aliphatic rings. The number of benzene rings is 2. The van der Waals surface area contributed by atoms with E-state index in [9.17, 15) is 22.8 Å². The number of amides is 1. The van der Waals surface area contributed by atoms with E-state index < -0.39 is 23.3 Å². The molecule has 2 aromatic heterocycles. The van der Waals surface area contributed by atoms with E-state index in [1.54, 1.807) is 41.9 Å². The molecule has 0 bridgehead atoms. The maximum Gasteiger partial charge on any atom is 0.416 e. The van der Waals surface area contributed by atoms with Crippen molar-refractivity contribution >= 4 is 5.91 Å². The van der Waals surface area contributed by atoms with Crippen LogP contribution in [-0.4, -0.2) is 56.9 Å². The Hall–Kier alpha value is -4.63. The van der Waals surface area contributed by atoms with Gasteiger partial charge in [-0.15, -0.1) is 0 Å². The third kappa shape index (κ3) is 6.00. The van der Waals surface area contributed by atoms with Gasteiger partial charge in [0.25, 0.3) is 0 Å². The van der Waals surface area contributed by atoms with Crippen LogP contribution in [-0.2, 0) is 17.5 Å². The number of aromatic nitrogens is 4. The number of hydrogen-bond acceptors (Lipinski definition) is 5. The highest BCUT2D eigenvalue weighted by atomic mass is 19.4. The van der Waals surface area contributed by atoms with Gasteiger partial charge in [-0.1, -0.05) is 6.07 Å². The highest BCUT2D eigenvalue weighted by molar-refractivity contribution is 5.77. The summed E-state index contributed by atoms with van der Waals surface area (Å²) in [5.74, 6) is -0.410. The molecule has 0 saturated carbocycles. The van der Waals surface area contributed by atoms with Crippen LogP contribution >= 0.6 is 0 Å². The molecule has 9 nitrogen and oxygen atoms in total. The number of carbonyl (C=O) groups is 1. The van der Waals surface area contributed by atoms with Crippen LogP contribution in [0.25, 0.3) is 22.8 Å². The molecule has 0 saturated heterocycles. The van der Waals surface area contributed by atoms with Crippen LogP contribution in [0, 0.1) is 18.3 Å². The first-order valence-corrected chi connectivity index (χ1v) is 12.5. The third-order valence-electron chi connectivity index (χ3n) is 6.33. The van der Waals surface area contributed by atoms with Crippen LogP contribution < -0.4 is 11.0 Å². The van der Waals surface area contributed by atoms with Gasteiger partial charge in [0.2, 0.25) is 5.91 Å². The van der Waals surface area contributed by atoms with Gasteiger partial charge in [0, 0.05) is 6.54 Å². The van der Waals surface area contributed by atoms with Crippen molar-refractivity contribution < 1.29 is 18.0 Å². The molecule has 4 aromatic rings. The monoisotopic (exact) mass is 551 g/mol. The summed E-state index contributed by atoms with van der Waals surface area (Å²) >= 11 is 0. The molecule has 2 aromatic carbocycles. The number of hydrogen-bond donors (Lipinski definition) is 1. The number of rotatable bonds is 9. The van der Waals surface area contributed by atoms with Crippen LogP contribution in [0.1, 0.15) is 23.2 Å². The van der Waals surface area contributed by atoms with Gasteiger partial charge >= 0.3 is 11.9 Å². The summed E-state index contributed by atoms with van der Waals surface area (Å²) in [6.45, 7) is 2.43. The quantitative estimate of drug-likeness (QED) is 0.320. The largest absolute Gasteiger partial charge is 0.416 e. The minimum atomic E-state index is -4.60. The second-order valence-electron chi connectivity index (χ2n) is 9.48. The van der Waals surface area contributed by atoms with E-state index >= 15 is 0 Å². The highest BCUT2D eigenvalue weighted by Gasteiger charge is 2.31. The Morgan fingerprint density at radius 2 is 1.82 bits per heavy atom. The fourth-order valence-corrected chi connectivity index (χ4v) is 4.44. The molecule has 208 valence electrons. The predicted molar refractivity (Wildman–Crippen MR) is 143 cm³/mol. The molecule has 1 amide bonds. The number of nitrogens with zero attached hydrogens (tertiary/aromatic N) is 6. The van der Waals surface area contributed by atoms with Crippen molar-refractivity contribution in [2.75, 3.05) is 27.2 Å². The molecule has 4 rings (SSSR count). The van der Waals surface area contributed by atoms with Gasteiger partial charge in [-0.2, -0.15) is 23.5 Å². The number of nitriles is 1. The zero-order valence-corrected chi connectivity index (χ0v) is 22.2. The summed E-state index contributed by atoms with van der Waals surface area (Å²) in [5.41, 5.74) is 0.616. The smallest absolute Gasteiger partial charge is 0.354 e. The minimum absolute atomic E-state index is 0.0214. The zero-order valence-electron chi connectivity index (χ0n) is 22.2. The van der Waals surface area contributed by atoms with Crippen molar-refractivity contribution in [2.45, 2.75) is 26.1 Å². The Morgan fingerprint density at radius 3 is 2.48 bits per heavy atom. The number of halogens is 3. The first-order chi connectivity index (χ1) is 19.0. The SMILES string of the molecule is Cc1c(-c2ccnn2-c2ccc(C#N)cc2)n(CC(=O)NCCCN(C)C)c(=O)n1-c1cccc(C(F)(F)F)c1. The molecule has 1 N–H and O–H groups in total. The van der Waals surface area contributed by atoms with Crippen LogP contribution in [0.2, 0.25) is 0 Å². The molecule has 2 heterocycles. The van der Waals surface area contributed by atoms with E-state index in [4.69, 9.17) is 5.26 Å². The summed E-state index contributed by atoms with van der Waals surface area (Å²) in [6.07, 6.45) is -2.37.